The first-order chi connectivity index (χ1) is 7.29. The van der Waals surface area contributed by atoms with E-state index >= 15 is 0 Å². The van der Waals surface area contributed by atoms with Crippen LogP contribution in [-0.4, -0.2) is 13.1 Å². The second-order valence-corrected chi connectivity index (χ2v) is 4.71. The van der Waals surface area contributed by atoms with Crippen LogP contribution >= 0.6 is 0 Å². The second-order valence-electron chi connectivity index (χ2n) is 4.71. The van der Waals surface area contributed by atoms with E-state index in [1.54, 1.807) is 0 Å². The van der Waals surface area contributed by atoms with Crippen molar-refractivity contribution in [3.05, 3.63) is 29.8 Å². The van der Waals surface area contributed by atoms with Crippen LogP contribution < -0.4 is 4.90 Å². The van der Waals surface area contributed by atoms with Crippen LogP contribution in [0.1, 0.15) is 32.3 Å². The van der Waals surface area contributed by atoms with E-state index in [2.05, 4.69) is 43.0 Å². The standard InChI is InChI=1S/C14H21N/c1-3-13-6-8-14(9-7-13)15-10-4-5-12(2)11-15/h6-9,12H,3-5,10-11H2,1-2H3. The molecule has 1 aliphatic rings. The zero-order valence-electron chi connectivity index (χ0n) is 9.87. The predicted octanol–water partition coefficient (Wildman–Crippen LogP) is 3.49. The van der Waals surface area contributed by atoms with Crippen molar-refractivity contribution in [1.29, 1.82) is 0 Å². The van der Waals surface area contributed by atoms with Gasteiger partial charge in [-0.3, -0.25) is 0 Å². The number of anilines is 1. The smallest absolute Gasteiger partial charge is 0.0366 e. The zero-order chi connectivity index (χ0) is 10.7. The van der Waals surface area contributed by atoms with Crippen molar-refractivity contribution in [2.45, 2.75) is 33.1 Å². The molecule has 0 aliphatic carbocycles. The highest BCUT2D eigenvalue weighted by atomic mass is 15.1. The lowest BCUT2D eigenvalue weighted by Crippen LogP contribution is -2.34. The molecule has 0 radical (unpaired) electrons. The van der Waals surface area contributed by atoms with E-state index in [0.717, 1.165) is 12.3 Å². The minimum Gasteiger partial charge on any atom is -0.371 e. The minimum atomic E-state index is 0.851. The van der Waals surface area contributed by atoms with Gasteiger partial charge in [0.15, 0.2) is 0 Å². The molecular weight excluding hydrogens is 182 g/mol. The molecular formula is C14H21N. The predicted molar refractivity (Wildman–Crippen MR) is 66.4 cm³/mol. The number of aryl methyl sites for hydroxylation is 1. The zero-order valence-corrected chi connectivity index (χ0v) is 9.87. The Morgan fingerprint density at radius 2 is 2.00 bits per heavy atom. The van der Waals surface area contributed by atoms with Crippen LogP contribution in [0.3, 0.4) is 0 Å². The molecule has 1 aromatic carbocycles. The summed E-state index contributed by atoms with van der Waals surface area (Å²) in [4.78, 5) is 2.52. The van der Waals surface area contributed by atoms with Crippen LogP contribution in [0.25, 0.3) is 0 Å². The van der Waals surface area contributed by atoms with E-state index in [4.69, 9.17) is 0 Å². The molecule has 1 unspecified atom stereocenters. The first kappa shape index (κ1) is 10.5. The van der Waals surface area contributed by atoms with E-state index in [1.807, 2.05) is 0 Å². The van der Waals surface area contributed by atoms with Gasteiger partial charge in [0.05, 0.1) is 0 Å². The lowest BCUT2D eigenvalue weighted by molar-refractivity contribution is 0.447. The molecule has 1 aromatic rings. The summed E-state index contributed by atoms with van der Waals surface area (Å²) in [6.07, 6.45) is 3.87. The summed E-state index contributed by atoms with van der Waals surface area (Å²) in [5.74, 6) is 0.851. The van der Waals surface area contributed by atoms with Crippen molar-refractivity contribution in [3.8, 4) is 0 Å². The molecule has 82 valence electrons. The average Bonchev–Trinajstić information content (AvgIpc) is 2.29. The molecule has 1 heteroatoms. The summed E-state index contributed by atoms with van der Waals surface area (Å²) < 4.78 is 0. The van der Waals surface area contributed by atoms with Crippen molar-refractivity contribution in [3.63, 3.8) is 0 Å². The summed E-state index contributed by atoms with van der Waals surface area (Å²) in [6.45, 7) is 7.02. The van der Waals surface area contributed by atoms with Crippen molar-refractivity contribution in [2.24, 2.45) is 5.92 Å². The highest BCUT2D eigenvalue weighted by Gasteiger charge is 2.16. The average molecular weight is 203 g/mol. The monoisotopic (exact) mass is 203 g/mol. The molecule has 1 saturated heterocycles. The molecule has 0 N–H and O–H groups in total. The Balaban J connectivity index is 2.07. The molecule has 1 atom stereocenters. The number of piperidine rings is 1. The SMILES string of the molecule is CCc1ccc(N2CCCC(C)C2)cc1. The molecule has 1 heterocycles. The van der Waals surface area contributed by atoms with E-state index in [0.29, 0.717) is 0 Å². The van der Waals surface area contributed by atoms with Crippen molar-refractivity contribution in [1.82, 2.24) is 0 Å². The molecule has 0 aromatic heterocycles. The van der Waals surface area contributed by atoms with Gasteiger partial charge in [-0.2, -0.15) is 0 Å². The topological polar surface area (TPSA) is 3.24 Å². The third kappa shape index (κ3) is 2.53. The molecule has 15 heavy (non-hydrogen) atoms. The van der Waals surface area contributed by atoms with Crippen molar-refractivity contribution < 1.29 is 0 Å². The van der Waals surface area contributed by atoms with Crippen LogP contribution in [0.5, 0.6) is 0 Å². The fraction of sp³-hybridized carbons (Fsp3) is 0.571. The van der Waals surface area contributed by atoms with Crippen LogP contribution in [0, 0.1) is 5.92 Å². The summed E-state index contributed by atoms with van der Waals surface area (Å²) >= 11 is 0. The molecule has 2 rings (SSSR count). The maximum absolute atomic E-state index is 2.52. The van der Waals surface area contributed by atoms with Gasteiger partial charge >= 0.3 is 0 Å². The van der Waals surface area contributed by atoms with Gasteiger partial charge in [-0.15, -0.1) is 0 Å². The Labute approximate surface area is 93.1 Å². The van der Waals surface area contributed by atoms with E-state index in [1.165, 1.54) is 37.2 Å². The number of benzene rings is 1. The Morgan fingerprint density at radius 1 is 1.27 bits per heavy atom. The molecule has 1 aliphatic heterocycles. The number of nitrogens with zero attached hydrogens (tertiary/aromatic N) is 1. The lowest BCUT2D eigenvalue weighted by atomic mass is 9.99. The highest BCUT2D eigenvalue weighted by molar-refractivity contribution is 5.48. The van der Waals surface area contributed by atoms with Crippen LogP contribution in [0.15, 0.2) is 24.3 Å². The maximum Gasteiger partial charge on any atom is 0.0366 e. The Hall–Kier alpha value is -0.980. The maximum atomic E-state index is 2.52. The van der Waals surface area contributed by atoms with Gasteiger partial charge in [-0.05, 0) is 42.9 Å². The van der Waals surface area contributed by atoms with Gasteiger partial charge < -0.3 is 4.90 Å². The van der Waals surface area contributed by atoms with Gasteiger partial charge in [0, 0.05) is 18.8 Å². The fourth-order valence-electron chi connectivity index (χ4n) is 2.37. The van der Waals surface area contributed by atoms with Gasteiger partial charge in [0.2, 0.25) is 0 Å². The summed E-state index contributed by atoms with van der Waals surface area (Å²) in [6, 6.07) is 9.07. The Bertz CT molecular complexity index is 302. The van der Waals surface area contributed by atoms with Crippen LogP contribution in [-0.2, 0) is 6.42 Å². The van der Waals surface area contributed by atoms with Crippen molar-refractivity contribution >= 4 is 5.69 Å². The first-order valence-electron chi connectivity index (χ1n) is 6.13. The largest absolute Gasteiger partial charge is 0.371 e. The van der Waals surface area contributed by atoms with Gasteiger partial charge in [0.1, 0.15) is 0 Å². The fourth-order valence-corrected chi connectivity index (χ4v) is 2.37. The quantitative estimate of drug-likeness (QED) is 0.711. The Kier molecular flexibility index (Phi) is 3.30. The van der Waals surface area contributed by atoms with E-state index in [-0.39, 0.29) is 0 Å². The minimum absolute atomic E-state index is 0.851. The molecule has 0 amide bonds. The molecule has 1 fully saturated rings. The molecule has 1 nitrogen and oxygen atoms in total. The van der Waals surface area contributed by atoms with Gasteiger partial charge in [-0.1, -0.05) is 26.0 Å². The number of hydrogen-bond acceptors (Lipinski definition) is 1. The molecule has 0 bridgehead atoms. The number of hydrogen-bond donors (Lipinski definition) is 0. The number of rotatable bonds is 2. The molecule has 0 spiro atoms. The van der Waals surface area contributed by atoms with Crippen LogP contribution in [0.4, 0.5) is 5.69 Å². The third-order valence-electron chi connectivity index (χ3n) is 3.37. The Morgan fingerprint density at radius 3 is 2.60 bits per heavy atom. The van der Waals surface area contributed by atoms with Crippen LogP contribution in [0.2, 0.25) is 0 Å². The first-order valence-corrected chi connectivity index (χ1v) is 6.13. The van der Waals surface area contributed by atoms with Gasteiger partial charge in [-0.25, -0.2) is 0 Å². The lowest BCUT2D eigenvalue weighted by Gasteiger charge is -2.32. The van der Waals surface area contributed by atoms with E-state index < -0.39 is 0 Å². The van der Waals surface area contributed by atoms with Gasteiger partial charge in [0.25, 0.3) is 0 Å². The third-order valence-corrected chi connectivity index (χ3v) is 3.37. The summed E-state index contributed by atoms with van der Waals surface area (Å²) in [7, 11) is 0. The highest BCUT2D eigenvalue weighted by Crippen LogP contribution is 2.23. The molecule has 0 saturated carbocycles. The van der Waals surface area contributed by atoms with Crippen molar-refractivity contribution in [2.75, 3.05) is 18.0 Å². The van der Waals surface area contributed by atoms with E-state index in [9.17, 15) is 0 Å². The summed E-state index contributed by atoms with van der Waals surface area (Å²) in [5.41, 5.74) is 2.84. The normalized spacial score (nSPS) is 21.7. The second kappa shape index (κ2) is 4.69. The summed E-state index contributed by atoms with van der Waals surface area (Å²) in [5, 5.41) is 0.